The van der Waals surface area contributed by atoms with Crippen LogP contribution in [0.3, 0.4) is 0 Å². The monoisotopic (exact) mass is 520 g/mol. The van der Waals surface area contributed by atoms with Gasteiger partial charge in [-0.2, -0.15) is 0 Å². The number of fused-ring (bicyclic) bond motifs is 5. The lowest BCUT2D eigenvalue weighted by Crippen LogP contribution is -2.50. The first-order valence-corrected chi connectivity index (χ1v) is 15.6. The highest BCUT2D eigenvalue weighted by Gasteiger charge is 2.58. The van der Waals surface area contributed by atoms with Crippen LogP contribution in [0.5, 0.6) is 0 Å². The molecule has 0 radical (unpaired) electrons. The van der Waals surface area contributed by atoms with Crippen LogP contribution < -0.4 is 0 Å². The predicted molar refractivity (Wildman–Crippen MR) is 145 cm³/mol. The number of carbonyl (C=O) groups excluding carboxylic acids is 2. The highest BCUT2D eigenvalue weighted by Crippen LogP contribution is 2.62. The van der Waals surface area contributed by atoms with Gasteiger partial charge in [0.05, 0.1) is 6.61 Å². The highest BCUT2D eigenvalue weighted by atomic mass is 35.5. The lowest BCUT2D eigenvalue weighted by atomic mass is 9.52. The topological polar surface area (TPSA) is 52.6 Å². The SMILES string of the molecule is CCCCCCCCCCCCOC(=O)O[C@H]1CC[C@H]2[C@@H]3CCC4=CC(=O)C[C@@H](Cl)[C@@H]4[C@H]3CC[C@]12C. The maximum Gasteiger partial charge on any atom is 0.508 e. The standard InChI is InChI=1S/C31H49ClO4/c1-3-4-5-6-7-8-9-10-11-12-19-35-30(34)36-28-16-15-26-24-14-13-22-20-23(33)21-27(32)29(22)25(24)17-18-31(26,28)2/h20,24-29H,3-19,21H2,1-2H3/t24-,25+,26+,27-,28+,29+,31+/m1/s1. The van der Waals surface area contributed by atoms with E-state index >= 15 is 0 Å². The number of hydrogen-bond acceptors (Lipinski definition) is 4. The van der Waals surface area contributed by atoms with Crippen molar-refractivity contribution in [2.75, 3.05) is 6.61 Å². The fraction of sp³-hybridized carbons (Fsp3) is 0.871. The molecular formula is C31H49ClO4. The molecule has 4 nitrogen and oxygen atoms in total. The third-order valence-corrected chi connectivity index (χ3v) is 10.6. The molecule has 0 heterocycles. The molecule has 0 unspecified atom stereocenters. The van der Waals surface area contributed by atoms with Gasteiger partial charge in [-0.3, -0.25) is 4.79 Å². The molecule has 0 saturated heterocycles. The zero-order valence-electron chi connectivity index (χ0n) is 22.8. The number of ketones is 1. The van der Waals surface area contributed by atoms with Crippen molar-refractivity contribution in [3.8, 4) is 0 Å². The molecule has 204 valence electrons. The molecule has 4 aliphatic rings. The fourth-order valence-corrected chi connectivity index (χ4v) is 8.75. The molecule has 3 fully saturated rings. The molecule has 0 bridgehead atoms. The maximum absolute atomic E-state index is 12.5. The van der Waals surface area contributed by atoms with Crippen LogP contribution in [-0.2, 0) is 14.3 Å². The highest BCUT2D eigenvalue weighted by molar-refractivity contribution is 6.23. The second-order valence-electron chi connectivity index (χ2n) is 12.4. The molecular weight excluding hydrogens is 472 g/mol. The quantitative estimate of drug-likeness (QED) is 0.146. The van der Waals surface area contributed by atoms with E-state index < -0.39 is 6.16 Å². The number of carbonyl (C=O) groups is 2. The second kappa shape index (κ2) is 13.2. The molecule has 0 aromatic heterocycles. The lowest BCUT2D eigenvalue weighted by Gasteiger charge is -2.54. The minimum atomic E-state index is -0.472. The Morgan fingerprint density at radius 1 is 0.972 bits per heavy atom. The van der Waals surface area contributed by atoms with E-state index in [9.17, 15) is 9.59 Å². The lowest BCUT2D eigenvalue weighted by molar-refractivity contribution is -0.116. The Bertz CT molecular complexity index is 779. The van der Waals surface area contributed by atoms with E-state index in [-0.39, 0.29) is 22.7 Å². The van der Waals surface area contributed by atoms with Gasteiger partial charge in [-0.1, -0.05) is 77.2 Å². The largest absolute Gasteiger partial charge is 0.508 e. The Morgan fingerprint density at radius 2 is 1.67 bits per heavy atom. The van der Waals surface area contributed by atoms with Crippen molar-refractivity contribution in [1.82, 2.24) is 0 Å². The summed E-state index contributed by atoms with van der Waals surface area (Å²) in [7, 11) is 0. The summed E-state index contributed by atoms with van der Waals surface area (Å²) in [6.07, 6.45) is 20.9. The molecule has 0 aromatic rings. The third kappa shape index (κ3) is 6.51. The predicted octanol–water partition coefficient (Wildman–Crippen LogP) is 8.79. The summed E-state index contributed by atoms with van der Waals surface area (Å²) in [5.74, 6) is 2.32. The summed E-state index contributed by atoms with van der Waals surface area (Å²) in [5.41, 5.74) is 1.34. The van der Waals surface area contributed by atoms with Crippen molar-refractivity contribution in [2.45, 2.75) is 134 Å². The van der Waals surface area contributed by atoms with Gasteiger partial charge < -0.3 is 9.47 Å². The van der Waals surface area contributed by atoms with Crippen molar-refractivity contribution in [3.63, 3.8) is 0 Å². The van der Waals surface area contributed by atoms with Crippen LogP contribution >= 0.6 is 11.6 Å². The van der Waals surface area contributed by atoms with Gasteiger partial charge in [-0.05, 0) is 68.8 Å². The number of hydrogen-bond donors (Lipinski definition) is 0. The van der Waals surface area contributed by atoms with Gasteiger partial charge in [0.25, 0.3) is 0 Å². The molecule has 0 amide bonds. The van der Waals surface area contributed by atoms with Gasteiger partial charge in [0.1, 0.15) is 6.10 Å². The molecule has 0 N–H and O–H groups in total. The Labute approximate surface area is 224 Å². The number of unbranched alkanes of at least 4 members (excludes halogenated alkanes) is 9. The number of rotatable bonds is 12. The van der Waals surface area contributed by atoms with Crippen molar-refractivity contribution in [1.29, 1.82) is 0 Å². The molecule has 0 aromatic carbocycles. The van der Waals surface area contributed by atoms with Crippen molar-refractivity contribution in [2.24, 2.45) is 29.1 Å². The Hall–Kier alpha value is -1.03. The average Bonchev–Trinajstić information content (AvgIpc) is 3.18. The normalized spacial score (nSPS) is 35.4. The molecule has 0 spiro atoms. The van der Waals surface area contributed by atoms with E-state index in [0.29, 0.717) is 36.7 Å². The summed E-state index contributed by atoms with van der Waals surface area (Å²) in [4.78, 5) is 24.6. The van der Waals surface area contributed by atoms with Crippen LogP contribution in [-0.4, -0.2) is 30.0 Å². The molecule has 3 saturated carbocycles. The average molecular weight is 521 g/mol. The van der Waals surface area contributed by atoms with Crippen LogP contribution in [0.15, 0.2) is 11.6 Å². The molecule has 36 heavy (non-hydrogen) atoms. The number of halogens is 1. The van der Waals surface area contributed by atoms with E-state index in [0.717, 1.165) is 51.4 Å². The summed E-state index contributed by atoms with van der Waals surface area (Å²) in [6.45, 7) is 5.07. The van der Waals surface area contributed by atoms with Crippen molar-refractivity contribution in [3.05, 3.63) is 11.6 Å². The van der Waals surface area contributed by atoms with Gasteiger partial charge >= 0.3 is 6.16 Å². The summed E-state index contributed by atoms with van der Waals surface area (Å²) in [5, 5.41) is -0.0520. The zero-order chi connectivity index (χ0) is 25.5. The molecule has 7 atom stereocenters. The molecule has 5 heteroatoms. The first-order valence-electron chi connectivity index (χ1n) is 15.1. The van der Waals surface area contributed by atoms with Crippen molar-refractivity contribution < 1.29 is 19.1 Å². The van der Waals surface area contributed by atoms with Crippen LogP contribution in [0.25, 0.3) is 0 Å². The van der Waals surface area contributed by atoms with Gasteiger partial charge in [-0.25, -0.2) is 4.79 Å². The van der Waals surface area contributed by atoms with Crippen LogP contribution in [0.2, 0.25) is 0 Å². The minimum Gasteiger partial charge on any atom is -0.434 e. The van der Waals surface area contributed by atoms with Gasteiger partial charge in [0.15, 0.2) is 5.78 Å². The van der Waals surface area contributed by atoms with Gasteiger partial charge in [0.2, 0.25) is 0 Å². The smallest absolute Gasteiger partial charge is 0.434 e. The van der Waals surface area contributed by atoms with E-state index in [4.69, 9.17) is 21.1 Å². The summed E-state index contributed by atoms with van der Waals surface area (Å²) < 4.78 is 11.4. The number of ether oxygens (including phenoxy) is 2. The minimum absolute atomic E-state index is 0.0326. The summed E-state index contributed by atoms with van der Waals surface area (Å²) in [6, 6.07) is 0. The zero-order valence-corrected chi connectivity index (χ0v) is 23.5. The van der Waals surface area contributed by atoms with Crippen LogP contribution in [0, 0.1) is 29.1 Å². The maximum atomic E-state index is 12.5. The van der Waals surface area contributed by atoms with Gasteiger partial charge in [-0.15, -0.1) is 11.6 Å². The van der Waals surface area contributed by atoms with Crippen LogP contribution in [0.1, 0.15) is 123 Å². The fourth-order valence-electron chi connectivity index (χ4n) is 8.25. The molecule has 4 rings (SSSR count). The second-order valence-corrected chi connectivity index (χ2v) is 13.0. The van der Waals surface area contributed by atoms with E-state index in [1.165, 1.54) is 56.9 Å². The first kappa shape index (κ1) is 28.0. The Balaban J connectivity index is 1.17. The third-order valence-electron chi connectivity index (χ3n) is 10.1. The molecule has 0 aliphatic heterocycles. The van der Waals surface area contributed by atoms with E-state index in [2.05, 4.69) is 13.8 Å². The van der Waals surface area contributed by atoms with Gasteiger partial charge in [0, 0.05) is 23.1 Å². The number of allylic oxidation sites excluding steroid dienone is 1. The van der Waals surface area contributed by atoms with Crippen molar-refractivity contribution >= 4 is 23.5 Å². The van der Waals surface area contributed by atoms with E-state index in [1.807, 2.05) is 6.08 Å². The van der Waals surface area contributed by atoms with E-state index in [1.54, 1.807) is 0 Å². The Kier molecular flexibility index (Phi) is 10.2. The van der Waals surface area contributed by atoms with Crippen LogP contribution in [0.4, 0.5) is 4.79 Å². The number of alkyl halides is 1. The summed E-state index contributed by atoms with van der Waals surface area (Å²) >= 11 is 6.75. The molecule has 4 aliphatic carbocycles. The first-order chi connectivity index (χ1) is 17.4. The Morgan fingerprint density at radius 3 is 2.39 bits per heavy atom.